The van der Waals surface area contributed by atoms with Gasteiger partial charge in [-0.25, -0.2) is 0 Å². The summed E-state index contributed by atoms with van der Waals surface area (Å²) in [6.07, 6.45) is -4.76. The smallest absolute Gasteiger partial charge is 0.416 e. The number of benzene rings is 1. The van der Waals surface area contributed by atoms with Crippen LogP contribution in [0, 0.1) is 0 Å². The van der Waals surface area contributed by atoms with Crippen LogP contribution in [0.3, 0.4) is 0 Å². The van der Waals surface area contributed by atoms with Crippen molar-refractivity contribution in [2.45, 2.75) is 19.2 Å². The van der Waals surface area contributed by atoms with Crippen LogP contribution in [0.5, 0.6) is 0 Å². The summed E-state index contributed by atoms with van der Waals surface area (Å²) in [7, 11) is 2.99. The Morgan fingerprint density at radius 2 is 1.83 bits per heavy atom. The lowest BCUT2D eigenvalue weighted by atomic mass is 10.0. The molecule has 0 saturated carbocycles. The molecule has 0 fully saturated rings. The Labute approximate surface area is 103 Å². The van der Waals surface area contributed by atoms with E-state index in [1.54, 1.807) is 6.92 Å². The zero-order chi connectivity index (χ0) is 13.5. The second-order valence-electron chi connectivity index (χ2n) is 4.11. The van der Waals surface area contributed by atoms with Gasteiger partial charge in [-0.05, 0) is 35.8 Å². The molecule has 0 spiro atoms. The molecule has 0 saturated heterocycles. The van der Waals surface area contributed by atoms with Crippen LogP contribution in [0.1, 0.15) is 29.7 Å². The summed E-state index contributed by atoms with van der Waals surface area (Å²) in [5, 5.41) is 0. The van der Waals surface area contributed by atoms with E-state index in [9.17, 15) is 13.2 Å². The first-order chi connectivity index (χ1) is 8.40. The molecular weight excluding hydrogens is 245 g/mol. The Morgan fingerprint density at radius 3 is 2.33 bits per heavy atom. The first-order valence-electron chi connectivity index (χ1n) is 5.39. The minimum absolute atomic E-state index is 0.424. The molecule has 0 bridgehead atoms. The predicted molar refractivity (Wildman–Crippen MR) is 60.8 cm³/mol. The fourth-order valence-corrected chi connectivity index (χ4v) is 2.25. The van der Waals surface area contributed by atoms with Gasteiger partial charge in [-0.3, -0.25) is 0 Å². The summed E-state index contributed by atoms with van der Waals surface area (Å²) >= 11 is 0. The largest absolute Gasteiger partial charge is 0.498 e. The van der Waals surface area contributed by atoms with Gasteiger partial charge in [0.25, 0.3) is 0 Å². The number of methoxy groups -OCH3 is 2. The number of alkyl halides is 3. The van der Waals surface area contributed by atoms with Gasteiger partial charge in [0.2, 0.25) is 0 Å². The average molecular weight is 258 g/mol. The minimum atomic E-state index is -4.34. The lowest BCUT2D eigenvalue weighted by Gasteiger charge is -2.14. The van der Waals surface area contributed by atoms with Crippen LogP contribution < -0.4 is 0 Å². The molecule has 0 heterocycles. The minimum Gasteiger partial charge on any atom is -0.498 e. The molecule has 0 amide bonds. The van der Waals surface area contributed by atoms with Crippen LogP contribution in [0.15, 0.2) is 24.0 Å². The van der Waals surface area contributed by atoms with Crippen LogP contribution >= 0.6 is 0 Å². The highest BCUT2D eigenvalue weighted by molar-refractivity contribution is 5.75. The van der Waals surface area contributed by atoms with Crippen molar-refractivity contribution in [1.82, 2.24) is 0 Å². The second kappa shape index (κ2) is 4.31. The number of hydrogen-bond donors (Lipinski definition) is 0. The number of fused-ring (bicyclic) bond motifs is 1. The van der Waals surface area contributed by atoms with Crippen molar-refractivity contribution in [3.63, 3.8) is 0 Å². The van der Waals surface area contributed by atoms with Crippen molar-refractivity contribution in [2.24, 2.45) is 0 Å². The van der Waals surface area contributed by atoms with Crippen molar-refractivity contribution >= 4 is 5.57 Å². The molecule has 2 nitrogen and oxygen atoms in total. The number of ether oxygens (including phenoxy) is 2. The molecule has 5 heteroatoms. The van der Waals surface area contributed by atoms with Crippen molar-refractivity contribution < 1.29 is 22.6 Å². The van der Waals surface area contributed by atoms with Gasteiger partial charge in [0.1, 0.15) is 11.9 Å². The van der Waals surface area contributed by atoms with Crippen LogP contribution in [0.25, 0.3) is 5.57 Å². The van der Waals surface area contributed by atoms with Gasteiger partial charge in [0, 0.05) is 7.11 Å². The summed E-state index contributed by atoms with van der Waals surface area (Å²) in [6, 6.07) is 3.65. The Hall–Kier alpha value is -1.49. The van der Waals surface area contributed by atoms with Crippen molar-refractivity contribution in [1.29, 1.82) is 0 Å². The quantitative estimate of drug-likeness (QED) is 0.803. The Kier molecular flexibility index (Phi) is 3.11. The molecule has 1 aromatic carbocycles. The fourth-order valence-electron chi connectivity index (χ4n) is 2.25. The number of hydrogen-bond acceptors (Lipinski definition) is 2. The molecular formula is C13H13F3O2. The number of rotatable bonds is 2. The number of halogens is 3. The van der Waals surface area contributed by atoms with Crippen LogP contribution in [-0.2, 0) is 15.7 Å². The summed E-state index contributed by atoms with van der Waals surface area (Å²) in [6.45, 7) is 1.73. The van der Waals surface area contributed by atoms with E-state index in [2.05, 4.69) is 0 Å². The molecule has 0 aromatic heterocycles. The lowest BCUT2D eigenvalue weighted by Crippen LogP contribution is -2.07. The summed E-state index contributed by atoms with van der Waals surface area (Å²) < 4.78 is 48.5. The average Bonchev–Trinajstić information content (AvgIpc) is 2.60. The first kappa shape index (κ1) is 13.0. The van der Waals surface area contributed by atoms with Crippen molar-refractivity contribution in [3.05, 3.63) is 40.6 Å². The van der Waals surface area contributed by atoms with Gasteiger partial charge in [-0.1, -0.05) is 6.07 Å². The molecule has 0 radical (unpaired) electrons. The third-order valence-corrected chi connectivity index (χ3v) is 3.13. The fraction of sp³-hybridized carbons (Fsp3) is 0.385. The lowest BCUT2D eigenvalue weighted by molar-refractivity contribution is -0.137. The molecule has 1 aromatic rings. The Balaban J connectivity index is 2.56. The highest BCUT2D eigenvalue weighted by Crippen LogP contribution is 2.44. The van der Waals surface area contributed by atoms with Gasteiger partial charge in [0.15, 0.2) is 0 Å². The van der Waals surface area contributed by atoms with E-state index < -0.39 is 17.8 Å². The van der Waals surface area contributed by atoms with E-state index >= 15 is 0 Å². The Bertz CT molecular complexity index is 503. The van der Waals surface area contributed by atoms with Gasteiger partial charge in [0.05, 0.1) is 12.7 Å². The van der Waals surface area contributed by atoms with E-state index in [0.29, 0.717) is 22.5 Å². The van der Waals surface area contributed by atoms with Gasteiger partial charge < -0.3 is 9.47 Å². The zero-order valence-corrected chi connectivity index (χ0v) is 10.3. The summed E-state index contributed by atoms with van der Waals surface area (Å²) in [5.41, 5.74) is 1.27. The maximum Gasteiger partial charge on any atom is 0.416 e. The van der Waals surface area contributed by atoms with Gasteiger partial charge in [-0.2, -0.15) is 13.2 Å². The summed E-state index contributed by atoms with van der Waals surface area (Å²) in [5.74, 6) is 0.562. The predicted octanol–water partition coefficient (Wildman–Crippen LogP) is 3.78. The molecule has 18 heavy (non-hydrogen) atoms. The normalized spacial score (nSPS) is 19.1. The molecule has 0 N–H and O–H groups in total. The SMILES string of the molecule is COC1=C(C)c2cc(C(F)(F)F)ccc2C1OC. The zero-order valence-electron chi connectivity index (χ0n) is 10.3. The highest BCUT2D eigenvalue weighted by atomic mass is 19.4. The third kappa shape index (κ3) is 1.88. The van der Waals surface area contributed by atoms with Crippen LogP contribution in [0.4, 0.5) is 13.2 Å². The molecule has 1 aliphatic carbocycles. The van der Waals surface area contributed by atoms with E-state index in [1.165, 1.54) is 20.3 Å². The molecule has 0 aliphatic heterocycles. The topological polar surface area (TPSA) is 18.5 Å². The maximum atomic E-state index is 12.7. The van der Waals surface area contributed by atoms with Gasteiger partial charge in [-0.15, -0.1) is 0 Å². The van der Waals surface area contributed by atoms with Gasteiger partial charge >= 0.3 is 6.18 Å². The summed E-state index contributed by atoms with van der Waals surface area (Å²) in [4.78, 5) is 0. The molecule has 1 unspecified atom stereocenters. The van der Waals surface area contributed by atoms with E-state index in [0.717, 1.165) is 12.1 Å². The first-order valence-corrected chi connectivity index (χ1v) is 5.39. The van der Waals surface area contributed by atoms with Crippen molar-refractivity contribution in [2.75, 3.05) is 14.2 Å². The van der Waals surface area contributed by atoms with Crippen molar-refractivity contribution in [3.8, 4) is 0 Å². The maximum absolute atomic E-state index is 12.7. The van der Waals surface area contributed by atoms with E-state index in [1.807, 2.05) is 0 Å². The Morgan fingerprint density at radius 1 is 1.17 bits per heavy atom. The molecule has 1 atom stereocenters. The molecule has 2 rings (SSSR count). The van der Waals surface area contributed by atoms with Crippen LogP contribution in [0.2, 0.25) is 0 Å². The van der Waals surface area contributed by atoms with E-state index in [4.69, 9.17) is 9.47 Å². The van der Waals surface area contributed by atoms with E-state index in [-0.39, 0.29) is 0 Å². The standard InChI is InChI=1S/C13H13F3O2/c1-7-10-6-8(13(14,15)16)4-5-9(10)12(18-3)11(7)17-2/h4-6,12H,1-3H3. The third-order valence-electron chi connectivity index (χ3n) is 3.13. The number of allylic oxidation sites excluding steroid dienone is 1. The molecule has 1 aliphatic rings. The van der Waals surface area contributed by atoms with Crippen LogP contribution in [-0.4, -0.2) is 14.2 Å². The highest BCUT2D eigenvalue weighted by Gasteiger charge is 2.35. The monoisotopic (exact) mass is 258 g/mol. The second-order valence-corrected chi connectivity index (χ2v) is 4.11. The molecule has 98 valence electrons.